The molecule has 1 aliphatic heterocycles. The molecular formula is C17H17N7O2. The van der Waals surface area contributed by atoms with Gasteiger partial charge in [-0.05, 0) is 18.9 Å². The van der Waals surface area contributed by atoms with Gasteiger partial charge in [0.15, 0.2) is 0 Å². The van der Waals surface area contributed by atoms with Crippen LogP contribution in [0.4, 0.5) is 5.69 Å². The van der Waals surface area contributed by atoms with Gasteiger partial charge in [0.25, 0.3) is 5.89 Å². The number of carbonyl (C=O) groups excluding carboxylic acids is 1. The molecule has 2 N–H and O–H groups in total. The molecule has 0 aliphatic carbocycles. The molecule has 0 radical (unpaired) electrons. The fraction of sp³-hybridized carbons (Fsp3) is 0.353. The summed E-state index contributed by atoms with van der Waals surface area (Å²) in [5.74, 6) is 0.258. The molecule has 0 bridgehead atoms. The van der Waals surface area contributed by atoms with Crippen molar-refractivity contribution in [2.75, 3.05) is 18.4 Å². The zero-order chi connectivity index (χ0) is 17.9. The van der Waals surface area contributed by atoms with Crippen molar-refractivity contribution in [2.45, 2.75) is 25.3 Å². The van der Waals surface area contributed by atoms with Crippen LogP contribution in [0.3, 0.4) is 0 Å². The van der Waals surface area contributed by atoms with E-state index in [1.165, 1.54) is 6.39 Å². The second-order valence-electron chi connectivity index (χ2n) is 6.19. The zero-order valence-electron chi connectivity index (χ0n) is 14.0. The Kier molecular flexibility index (Phi) is 4.23. The van der Waals surface area contributed by atoms with Gasteiger partial charge < -0.3 is 19.6 Å². The average Bonchev–Trinajstić information content (AvgIpc) is 3.34. The number of nitrogens with zero attached hydrogens (tertiary/aromatic N) is 5. The van der Waals surface area contributed by atoms with Crippen LogP contribution < -0.4 is 5.32 Å². The van der Waals surface area contributed by atoms with Crippen LogP contribution in [0.2, 0.25) is 0 Å². The Bertz CT molecular complexity index is 957. The van der Waals surface area contributed by atoms with Crippen molar-refractivity contribution < 1.29 is 9.21 Å². The van der Waals surface area contributed by atoms with Gasteiger partial charge in [-0.3, -0.25) is 4.79 Å². The molecule has 0 saturated carbocycles. The number of piperidine rings is 1. The molecule has 1 saturated heterocycles. The van der Waals surface area contributed by atoms with Gasteiger partial charge in [-0.25, -0.2) is 4.98 Å². The van der Waals surface area contributed by atoms with Gasteiger partial charge in [0.1, 0.15) is 12.1 Å². The van der Waals surface area contributed by atoms with Gasteiger partial charge in [0.2, 0.25) is 12.3 Å². The predicted octanol–water partition coefficient (Wildman–Crippen LogP) is 1.93. The van der Waals surface area contributed by atoms with Crippen LogP contribution >= 0.6 is 0 Å². The van der Waals surface area contributed by atoms with Crippen LogP contribution in [0.5, 0.6) is 0 Å². The minimum Gasteiger partial charge on any atom is -0.423 e. The van der Waals surface area contributed by atoms with Crippen LogP contribution in [0.1, 0.15) is 19.3 Å². The highest BCUT2D eigenvalue weighted by Crippen LogP contribution is 2.33. The van der Waals surface area contributed by atoms with Gasteiger partial charge in [-0.1, -0.05) is 0 Å². The molecule has 1 atom stereocenters. The highest BCUT2D eigenvalue weighted by Gasteiger charge is 2.25. The molecule has 1 aliphatic rings. The highest BCUT2D eigenvalue weighted by molar-refractivity contribution is 5.97. The van der Waals surface area contributed by atoms with Gasteiger partial charge in [0, 0.05) is 36.9 Å². The number of aromatic nitrogens is 4. The number of nitrogens with one attached hydrogen (secondary N) is 2. The lowest BCUT2D eigenvalue weighted by Gasteiger charge is -2.33. The Morgan fingerprint density at radius 3 is 3.27 bits per heavy atom. The summed E-state index contributed by atoms with van der Waals surface area (Å²) in [5.41, 5.74) is 2.32. The number of aromatic amines is 1. The van der Waals surface area contributed by atoms with Crippen molar-refractivity contribution in [3.8, 4) is 17.5 Å². The van der Waals surface area contributed by atoms with Crippen molar-refractivity contribution in [2.24, 2.45) is 0 Å². The van der Waals surface area contributed by atoms with Crippen LogP contribution in [-0.4, -0.2) is 50.1 Å². The third-order valence-corrected chi connectivity index (χ3v) is 4.53. The van der Waals surface area contributed by atoms with E-state index in [1.54, 1.807) is 11.1 Å². The maximum Gasteiger partial charge on any atom is 0.251 e. The Labute approximate surface area is 149 Å². The monoisotopic (exact) mass is 351 g/mol. The molecule has 1 amide bonds. The Morgan fingerprint density at radius 2 is 2.46 bits per heavy atom. The Hall–Kier alpha value is -3.41. The van der Waals surface area contributed by atoms with Gasteiger partial charge in [0.05, 0.1) is 17.3 Å². The van der Waals surface area contributed by atoms with Crippen LogP contribution in [0.25, 0.3) is 22.5 Å². The van der Waals surface area contributed by atoms with E-state index in [1.807, 2.05) is 18.3 Å². The van der Waals surface area contributed by atoms with Crippen molar-refractivity contribution in [3.63, 3.8) is 0 Å². The van der Waals surface area contributed by atoms with E-state index in [4.69, 9.17) is 9.68 Å². The number of amides is 1. The molecule has 1 unspecified atom stereocenters. The van der Waals surface area contributed by atoms with E-state index in [0.29, 0.717) is 19.0 Å². The average molecular weight is 351 g/mol. The smallest absolute Gasteiger partial charge is 0.251 e. The highest BCUT2D eigenvalue weighted by atomic mass is 16.4. The van der Waals surface area contributed by atoms with E-state index in [-0.39, 0.29) is 18.4 Å². The van der Waals surface area contributed by atoms with E-state index in [2.05, 4.69) is 25.5 Å². The molecule has 9 nitrogen and oxygen atoms in total. The largest absolute Gasteiger partial charge is 0.423 e. The summed E-state index contributed by atoms with van der Waals surface area (Å²) < 4.78 is 5.35. The van der Waals surface area contributed by atoms with E-state index in [0.717, 1.165) is 35.1 Å². The summed E-state index contributed by atoms with van der Waals surface area (Å²) in [6.07, 6.45) is 6.51. The normalized spacial score (nSPS) is 17.2. The fourth-order valence-corrected chi connectivity index (χ4v) is 3.32. The third kappa shape index (κ3) is 2.97. The number of nitriles is 1. The number of anilines is 1. The first-order valence-corrected chi connectivity index (χ1v) is 8.40. The molecule has 4 heterocycles. The van der Waals surface area contributed by atoms with Crippen molar-refractivity contribution in [3.05, 3.63) is 24.9 Å². The number of carbonyl (C=O) groups is 1. The Morgan fingerprint density at radius 1 is 1.54 bits per heavy atom. The molecule has 1 fully saturated rings. The quantitative estimate of drug-likeness (QED) is 0.736. The summed E-state index contributed by atoms with van der Waals surface area (Å²) in [7, 11) is 0. The van der Waals surface area contributed by atoms with Crippen LogP contribution in [0, 0.1) is 11.3 Å². The molecule has 9 heteroatoms. The third-order valence-electron chi connectivity index (χ3n) is 4.53. The molecule has 3 aromatic rings. The van der Waals surface area contributed by atoms with E-state index in [9.17, 15) is 4.79 Å². The first-order chi connectivity index (χ1) is 12.8. The first kappa shape index (κ1) is 16.1. The molecule has 0 spiro atoms. The standard InChI is InChI=1S/C17H17N7O2/c18-5-3-14(25)24-7-1-2-11(9-24)22-15-12-4-6-19-16(12)20-8-13(15)17-23-21-10-26-17/h4,6,8,10-11H,1-3,7,9H2,(H2,19,20,22). The summed E-state index contributed by atoms with van der Waals surface area (Å²) >= 11 is 0. The molecule has 0 aromatic carbocycles. The predicted molar refractivity (Wildman–Crippen MR) is 92.8 cm³/mol. The van der Waals surface area contributed by atoms with Crippen molar-refractivity contribution in [1.82, 2.24) is 25.1 Å². The van der Waals surface area contributed by atoms with Gasteiger partial charge >= 0.3 is 0 Å². The summed E-state index contributed by atoms with van der Waals surface area (Å²) in [5, 5.41) is 20.9. The number of pyridine rings is 1. The number of hydrogen-bond acceptors (Lipinski definition) is 7. The number of hydrogen-bond donors (Lipinski definition) is 2. The van der Waals surface area contributed by atoms with Gasteiger partial charge in [-0.2, -0.15) is 5.26 Å². The lowest BCUT2D eigenvalue weighted by molar-refractivity contribution is -0.131. The number of rotatable bonds is 4. The minimum atomic E-state index is -0.127. The summed E-state index contributed by atoms with van der Waals surface area (Å²) in [6, 6.07) is 3.93. The SMILES string of the molecule is N#CCC(=O)N1CCCC(Nc2c(-c3nnco3)cnc3[nH]ccc23)C1. The first-order valence-electron chi connectivity index (χ1n) is 8.40. The van der Waals surface area contributed by atoms with Crippen molar-refractivity contribution in [1.29, 1.82) is 5.26 Å². The number of H-pyrrole nitrogens is 1. The van der Waals surface area contributed by atoms with E-state index >= 15 is 0 Å². The summed E-state index contributed by atoms with van der Waals surface area (Å²) in [4.78, 5) is 21.3. The fourth-order valence-electron chi connectivity index (χ4n) is 3.32. The topological polar surface area (TPSA) is 124 Å². The number of likely N-dealkylation sites (tertiary alicyclic amines) is 1. The molecule has 132 valence electrons. The van der Waals surface area contributed by atoms with Gasteiger partial charge in [-0.15, -0.1) is 10.2 Å². The van der Waals surface area contributed by atoms with Crippen molar-refractivity contribution >= 4 is 22.6 Å². The second-order valence-corrected chi connectivity index (χ2v) is 6.19. The molecule has 4 rings (SSSR count). The van der Waals surface area contributed by atoms with E-state index < -0.39 is 0 Å². The summed E-state index contributed by atoms with van der Waals surface area (Å²) in [6.45, 7) is 1.24. The molecule has 3 aromatic heterocycles. The second kappa shape index (κ2) is 6.84. The molecule has 26 heavy (non-hydrogen) atoms. The zero-order valence-corrected chi connectivity index (χ0v) is 14.0. The lowest BCUT2D eigenvalue weighted by atomic mass is 10.0. The lowest BCUT2D eigenvalue weighted by Crippen LogP contribution is -2.45. The maximum absolute atomic E-state index is 12.0. The maximum atomic E-state index is 12.0. The van der Waals surface area contributed by atoms with Crippen LogP contribution in [0.15, 0.2) is 29.3 Å². The number of fused-ring (bicyclic) bond motifs is 1. The minimum absolute atomic E-state index is 0.0635. The van der Waals surface area contributed by atoms with Crippen LogP contribution in [-0.2, 0) is 4.79 Å². The molecular weight excluding hydrogens is 334 g/mol. The Balaban J connectivity index is 1.64.